The van der Waals surface area contributed by atoms with Gasteiger partial charge < -0.3 is 4.74 Å². The summed E-state index contributed by atoms with van der Waals surface area (Å²) in [4.78, 5) is 19.9. The molecule has 7 nitrogen and oxygen atoms in total. The van der Waals surface area contributed by atoms with E-state index < -0.39 is 0 Å². The Morgan fingerprint density at radius 2 is 1.84 bits per heavy atom. The maximum atomic E-state index is 13.4. The molecule has 0 radical (unpaired) electrons. The second-order valence-corrected chi connectivity index (χ2v) is 8.04. The minimum atomic E-state index is -0.106. The lowest BCUT2D eigenvalue weighted by Crippen LogP contribution is -2.33. The summed E-state index contributed by atoms with van der Waals surface area (Å²) in [5.41, 5.74) is 3.41. The molecule has 8 heteroatoms. The third kappa shape index (κ3) is 3.85. The van der Waals surface area contributed by atoms with Crippen LogP contribution in [0.2, 0.25) is 0 Å². The number of methoxy groups -OCH3 is 1. The van der Waals surface area contributed by atoms with Crippen LogP contribution in [0.5, 0.6) is 5.75 Å². The van der Waals surface area contributed by atoms with Gasteiger partial charge in [0.1, 0.15) is 17.8 Å². The first-order valence-corrected chi connectivity index (χ1v) is 10.6. The van der Waals surface area contributed by atoms with Gasteiger partial charge in [-0.2, -0.15) is 0 Å². The number of benzene rings is 3. The highest BCUT2D eigenvalue weighted by molar-refractivity contribution is 7.22. The third-order valence-corrected chi connectivity index (χ3v) is 6.06. The lowest BCUT2D eigenvalue weighted by atomic mass is 10.2. The molecule has 0 spiro atoms. The molecule has 0 N–H and O–H groups in total. The van der Waals surface area contributed by atoms with Gasteiger partial charge in [0.25, 0.3) is 5.91 Å². The van der Waals surface area contributed by atoms with Crippen molar-refractivity contribution in [2.24, 2.45) is 0 Å². The SMILES string of the molecule is COc1ccc2sc(N(Cc3ccccc3)C(=O)Cn3nnc4ccccc43)nc2c1. The van der Waals surface area contributed by atoms with Crippen molar-refractivity contribution in [2.75, 3.05) is 12.0 Å². The molecule has 0 aliphatic rings. The van der Waals surface area contributed by atoms with Gasteiger partial charge in [-0.25, -0.2) is 9.67 Å². The quantitative estimate of drug-likeness (QED) is 0.403. The van der Waals surface area contributed by atoms with E-state index in [1.165, 1.54) is 11.3 Å². The lowest BCUT2D eigenvalue weighted by molar-refractivity contribution is -0.119. The Labute approximate surface area is 182 Å². The maximum Gasteiger partial charge on any atom is 0.250 e. The molecule has 3 aromatic carbocycles. The molecule has 5 aromatic rings. The molecule has 0 atom stereocenters. The van der Waals surface area contributed by atoms with Crippen LogP contribution in [0.15, 0.2) is 72.8 Å². The zero-order chi connectivity index (χ0) is 21.2. The molecular weight excluding hydrogens is 410 g/mol. The van der Waals surface area contributed by atoms with Crippen LogP contribution in [0.25, 0.3) is 21.3 Å². The van der Waals surface area contributed by atoms with Gasteiger partial charge in [0, 0.05) is 6.07 Å². The average Bonchev–Trinajstić information content (AvgIpc) is 3.41. The smallest absolute Gasteiger partial charge is 0.250 e. The minimum Gasteiger partial charge on any atom is -0.497 e. The van der Waals surface area contributed by atoms with E-state index in [9.17, 15) is 4.79 Å². The maximum absolute atomic E-state index is 13.4. The molecule has 154 valence electrons. The van der Waals surface area contributed by atoms with Crippen molar-refractivity contribution < 1.29 is 9.53 Å². The minimum absolute atomic E-state index is 0.0760. The molecule has 0 bridgehead atoms. The molecule has 31 heavy (non-hydrogen) atoms. The Morgan fingerprint density at radius 3 is 2.68 bits per heavy atom. The van der Waals surface area contributed by atoms with Crippen molar-refractivity contribution in [3.05, 3.63) is 78.4 Å². The fraction of sp³-hybridized carbons (Fsp3) is 0.130. The second kappa shape index (κ2) is 8.16. The van der Waals surface area contributed by atoms with E-state index >= 15 is 0 Å². The Balaban J connectivity index is 1.51. The number of amides is 1. The number of carbonyl (C=O) groups is 1. The standard InChI is InChI=1S/C23H19N5O2S/c1-30-17-11-12-21-19(13-17)24-23(31-21)27(14-16-7-3-2-4-8-16)22(29)15-28-20-10-6-5-9-18(20)25-26-28/h2-13H,14-15H2,1H3. The molecular formula is C23H19N5O2S. The predicted molar refractivity (Wildman–Crippen MR) is 121 cm³/mol. The van der Waals surface area contributed by atoms with Crippen LogP contribution in [0.3, 0.4) is 0 Å². The molecule has 0 saturated carbocycles. The first-order valence-electron chi connectivity index (χ1n) is 9.78. The summed E-state index contributed by atoms with van der Waals surface area (Å²) in [6.07, 6.45) is 0. The number of carbonyl (C=O) groups excluding carboxylic acids is 1. The fourth-order valence-corrected chi connectivity index (χ4v) is 4.38. The number of fused-ring (bicyclic) bond motifs is 2. The number of thiazole rings is 1. The second-order valence-electron chi connectivity index (χ2n) is 7.03. The van der Waals surface area contributed by atoms with Crippen LogP contribution in [0.4, 0.5) is 5.13 Å². The molecule has 0 fully saturated rings. The molecule has 5 rings (SSSR count). The number of hydrogen-bond acceptors (Lipinski definition) is 6. The van der Waals surface area contributed by atoms with Crippen molar-refractivity contribution >= 4 is 43.6 Å². The van der Waals surface area contributed by atoms with Crippen LogP contribution in [-0.2, 0) is 17.9 Å². The zero-order valence-corrected chi connectivity index (χ0v) is 17.6. The number of ether oxygens (including phenoxy) is 1. The third-order valence-electron chi connectivity index (χ3n) is 5.00. The van der Waals surface area contributed by atoms with Crippen molar-refractivity contribution in [1.82, 2.24) is 20.0 Å². The zero-order valence-electron chi connectivity index (χ0n) is 16.8. The van der Waals surface area contributed by atoms with E-state index in [2.05, 4.69) is 10.3 Å². The highest BCUT2D eigenvalue weighted by Crippen LogP contribution is 2.32. The highest BCUT2D eigenvalue weighted by Gasteiger charge is 2.22. The van der Waals surface area contributed by atoms with E-state index in [0.717, 1.165) is 32.6 Å². The summed E-state index contributed by atoms with van der Waals surface area (Å²) in [7, 11) is 1.63. The van der Waals surface area contributed by atoms with Gasteiger partial charge >= 0.3 is 0 Å². The summed E-state index contributed by atoms with van der Waals surface area (Å²) in [6.45, 7) is 0.496. The monoisotopic (exact) mass is 429 g/mol. The van der Waals surface area contributed by atoms with E-state index in [1.807, 2.05) is 72.8 Å². The Hall–Kier alpha value is -3.78. The van der Waals surface area contributed by atoms with Gasteiger partial charge in [-0.15, -0.1) is 5.10 Å². The lowest BCUT2D eigenvalue weighted by Gasteiger charge is -2.20. The van der Waals surface area contributed by atoms with E-state index in [-0.39, 0.29) is 12.5 Å². The molecule has 2 heterocycles. The van der Waals surface area contributed by atoms with Gasteiger partial charge in [-0.3, -0.25) is 9.69 Å². The van der Waals surface area contributed by atoms with Crippen molar-refractivity contribution in [3.63, 3.8) is 0 Å². The first kappa shape index (κ1) is 19.2. The summed E-state index contributed by atoms with van der Waals surface area (Å²) >= 11 is 1.48. The van der Waals surface area contributed by atoms with E-state index in [4.69, 9.17) is 9.72 Å². The summed E-state index contributed by atoms with van der Waals surface area (Å²) < 4.78 is 7.94. The van der Waals surface area contributed by atoms with Gasteiger partial charge in [0.05, 0.1) is 29.4 Å². The summed E-state index contributed by atoms with van der Waals surface area (Å²) in [5.74, 6) is 0.630. The normalized spacial score (nSPS) is 11.1. The molecule has 0 unspecified atom stereocenters. The largest absolute Gasteiger partial charge is 0.497 e. The Bertz CT molecular complexity index is 1360. The van der Waals surface area contributed by atoms with Crippen LogP contribution < -0.4 is 9.64 Å². The Kier molecular flexibility index (Phi) is 5.05. The molecule has 0 saturated heterocycles. The van der Waals surface area contributed by atoms with E-state index in [0.29, 0.717) is 11.7 Å². The number of nitrogens with zero attached hydrogens (tertiary/aromatic N) is 5. The average molecular weight is 430 g/mol. The van der Waals surface area contributed by atoms with Crippen LogP contribution in [-0.4, -0.2) is 33.0 Å². The van der Waals surface area contributed by atoms with Gasteiger partial charge in [0.2, 0.25) is 0 Å². The predicted octanol–water partition coefficient (Wildman–Crippen LogP) is 4.28. The molecule has 2 aromatic heterocycles. The summed E-state index contributed by atoms with van der Waals surface area (Å²) in [5, 5.41) is 8.97. The van der Waals surface area contributed by atoms with Crippen molar-refractivity contribution in [2.45, 2.75) is 13.1 Å². The van der Waals surface area contributed by atoms with Gasteiger partial charge in [-0.05, 0) is 29.8 Å². The molecule has 1 amide bonds. The fourth-order valence-electron chi connectivity index (χ4n) is 3.41. The number of anilines is 1. The first-order chi connectivity index (χ1) is 15.2. The van der Waals surface area contributed by atoms with Gasteiger partial charge in [0.15, 0.2) is 5.13 Å². The number of aromatic nitrogens is 4. The number of rotatable bonds is 6. The molecule has 0 aliphatic carbocycles. The van der Waals surface area contributed by atoms with E-state index in [1.54, 1.807) is 16.7 Å². The molecule has 0 aliphatic heterocycles. The number of para-hydroxylation sites is 1. The van der Waals surface area contributed by atoms with Crippen molar-refractivity contribution in [1.29, 1.82) is 0 Å². The highest BCUT2D eigenvalue weighted by atomic mass is 32.1. The van der Waals surface area contributed by atoms with Gasteiger partial charge in [-0.1, -0.05) is 59.0 Å². The van der Waals surface area contributed by atoms with Crippen LogP contribution >= 0.6 is 11.3 Å². The van der Waals surface area contributed by atoms with Crippen molar-refractivity contribution in [3.8, 4) is 5.75 Å². The number of hydrogen-bond donors (Lipinski definition) is 0. The topological polar surface area (TPSA) is 73.1 Å². The van der Waals surface area contributed by atoms with Crippen LogP contribution in [0, 0.1) is 0 Å². The van der Waals surface area contributed by atoms with Crippen LogP contribution in [0.1, 0.15) is 5.56 Å². The summed E-state index contributed by atoms with van der Waals surface area (Å²) in [6, 6.07) is 23.2. The Morgan fingerprint density at radius 1 is 1.03 bits per heavy atom.